The van der Waals surface area contributed by atoms with Crippen LogP contribution >= 0.6 is 11.8 Å². The van der Waals surface area contributed by atoms with E-state index in [4.69, 9.17) is 0 Å². The molecule has 0 aliphatic rings. The van der Waals surface area contributed by atoms with Crippen LogP contribution in [0.4, 0.5) is 5.69 Å². The fraction of sp³-hybridized carbons (Fsp3) is 0.0556. The Bertz CT molecular complexity index is 1140. The lowest BCUT2D eigenvalue weighted by Gasteiger charge is -2.11. The number of aromatic nitrogens is 4. The van der Waals surface area contributed by atoms with Crippen LogP contribution in [0.2, 0.25) is 0 Å². The number of thioether (sulfide) groups is 1. The van der Waals surface area contributed by atoms with Gasteiger partial charge in [-0.1, -0.05) is 30.0 Å². The van der Waals surface area contributed by atoms with Gasteiger partial charge in [-0.05, 0) is 36.6 Å². The Labute approximate surface area is 152 Å². The first kappa shape index (κ1) is 16.2. The molecule has 4 aromatic rings. The van der Waals surface area contributed by atoms with Gasteiger partial charge >= 0.3 is 5.69 Å². The second kappa shape index (κ2) is 6.57. The number of aromatic amines is 2. The molecule has 0 saturated heterocycles. The van der Waals surface area contributed by atoms with Gasteiger partial charge in [-0.25, -0.2) is 9.78 Å². The number of imidazole rings is 2. The summed E-state index contributed by atoms with van der Waals surface area (Å²) in [5.41, 5.74) is 2.92. The predicted molar refractivity (Wildman–Crippen MR) is 102 cm³/mol. The van der Waals surface area contributed by atoms with E-state index in [0.29, 0.717) is 22.4 Å². The largest absolute Gasteiger partial charge is 0.323 e. The third-order valence-corrected chi connectivity index (χ3v) is 4.59. The Kier molecular flexibility index (Phi) is 4.10. The lowest BCUT2D eigenvalue weighted by molar-refractivity contribution is 0.102. The van der Waals surface area contributed by atoms with E-state index in [2.05, 4.69) is 20.3 Å². The number of nitrogens with zero attached hydrogens (tertiary/aromatic N) is 2. The Morgan fingerprint density at radius 2 is 1.88 bits per heavy atom. The average Bonchev–Trinajstić information content (AvgIpc) is 3.24. The average molecular weight is 365 g/mol. The minimum atomic E-state index is -0.282. The van der Waals surface area contributed by atoms with Crippen LogP contribution in [0, 0.1) is 0 Å². The number of rotatable bonds is 4. The van der Waals surface area contributed by atoms with Crippen molar-refractivity contribution in [1.82, 2.24) is 19.5 Å². The fourth-order valence-corrected chi connectivity index (χ4v) is 3.32. The van der Waals surface area contributed by atoms with E-state index in [1.807, 2.05) is 41.2 Å². The van der Waals surface area contributed by atoms with E-state index in [0.717, 1.165) is 10.8 Å². The number of para-hydroxylation sites is 1. The van der Waals surface area contributed by atoms with Gasteiger partial charge in [0.25, 0.3) is 5.91 Å². The van der Waals surface area contributed by atoms with Crippen molar-refractivity contribution in [3.8, 4) is 5.69 Å². The standard InChI is InChI=1S/C18H15N5O2S/c1-26-18-19-10-15(23(18)12-5-3-2-4-6-12)16(24)20-11-7-8-13-14(9-11)22-17(25)21-13/h2-10H,1H3,(H,20,24)(H2,21,22,25). The highest BCUT2D eigenvalue weighted by molar-refractivity contribution is 7.98. The third-order valence-electron chi connectivity index (χ3n) is 3.93. The SMILES string of the molecule is CSc1ncc(C(=O)Nc2ccc3[nH]c(=O)[nH]c3c2)n1-c1ccccc1. The Balaban J connectivity index is 1.69. The zero-order valence-corrected chi connectivity index (χ0v) is 14.6. The number of anilines is 1. The minimum absolute atomic E-state index is 0.279. The first-order valence-electron chi connectivity index (χ1n) is 7.86. The molecule has 3 N–H and O–H groups in total. The van der Waals surface area contributed by atoms with Gasteiger partial charge in [0.05, 0.1) is 17.2 Å². The van der Waals surface area contributed by atoms with Crippen molar-refractivity contribution in [3.05, 3.63) is 70.9 Å². The first-order valence-corrected chi connectivity index (χ1v) is 9.09. The number of benzene rings is 2. The van der Waals surface area contributed by atoms with Crippen LogP contribution < -0.4 is 11.0 Å². The Morgan fingerprint density at radius 1 is 1.12 bits per heavy atom. The van der Waals surface area contributed by atoms with E-state index in [1.165, 1.54) is 11.8 Å². The maximum absolute atomic E-state index is 12.8. The summed E-state index contributed by atoms with van der Waals surface area (Å²) < 4.78 is 1.82. The van der Waals surface area contributed by atoms with Crippen molar-refractivity contribution in [2.45, 2.75) is 5.16 Å². The molecule has 1 amide bonds. The summed E-state index contributed by atoms with van der Waals surface area (Å²) >= 11 is 1.47. The van der Waals surface area contributed by atoms with Gasteiger partial charge in [0, 0.05) is 11.4 Å². The third kappa shape index (κ3) is 2.91. The normalized spacial score (nSPS) is 11.0. The molecule has 0 radical (unpaired) electrons. The van der Waals surface area contributed by atoms with Crippen LogP contribution in [0.1, 0.15) is 10.5 Å². The van der Waals surface area contributed by atoms with E-state index in [1.54, 1.807) is 24.4 Å². The van der Waals surface area contributed by atoms with Crippen molar-refractivity contribution in [3.63, 3.8) is 0 Å². The molecule has 7 nitrogen and oxygen atoms in total. The molecule has 0 fully saturated rings. The molecule has 130 valence electrons. The second-order valence-corrected chi connectivity index (χ2v) is 6.37. The summed E-state index contributed by atoms with van der Waals surface area (Å²) in [7, 11) is 0. The maximum Gasteiger partial charge on any atom is 0.323 e. The number of carbonyl (C=O) groups is 1. The van der Waals surface area contributed by atoms with Crippen molar-refractivity contribution < 1.29 is 4.79 Å². The maximum atomic E-state index is 12.8. The molecule has 0 unspecified atom stereocenters. The molecule has 2 aromatic carbocycles. The van der Waals surface area contributed by atoms with Gasteiger partial charge in [0.2, 0.25) is 0 Å². The molecule has 0 aliphatic heterocycles. The number of amides is 1. The number of carbonyl (C=O) groups excluding carboxylic acids is 1. The molecular formula is C18H15N5O2S. The van der Waals surface area contributed by atoms with Crippen molar-refractivity contribution in [1.29, 1.82) is 0 Å². The molecule has 0 bridgehead atoms. The second-order valence-electron chi connectivity index (χ2n) is 5.59. The highest BCUT2D eigenvalue weighted by Crippen LogP contribution is 2.23. The number of H-pyrrole nitrogens is 2. The number of hydrogen-bond donors (Lipinski definition) is 3. The van der Waals surface area contributed by atoms with Gasteiger partial charge in [0.1, 0.15) is 5.69 Å². The summed E-state index contributed by atoms with van der Waals surface area (Å²) in [4.78, 5) is 33.9. The highest BCUT2D eigenvalue weighted by Gasteiger charge is 2.18. The van der Waals surface area contributed by atoms with Gasteiger partial charge in [-0.15, -0.1) is 0 Å². The summed E-state index contributed by atoms with van der Waals surface area (Å²) in [5.74, 6) is -0.279. The summed E-state index contributed by atoms with van der Waals surface area (Å²) in [6.45, 7) is 0. The van der Waals surface area contributed by atoms with Gasteiger partial charge < -0.3 is 15.3 Å². The highest BCUT2D eigenvalue weighted by atomic mass is 32.2. The van der Waals surface area contributed by atoms with Crippen LogP contribution in [0.3, 0.4) is 0 Å². The lowest BCUT2D eigenvalue weighted by Crippen LogP contribution is -2.16. The molecule has 2 heterocycles. The van der Waals surface area contributed by atoms with Gasteiger partial charge in [0.15, 0.2) is 5.16 Å². The smallest absolute Gasteiger partial charge is 0.321 e. The Hall–Kier alpha value is -3.26. The predicted octanol–water partition coefficient (Wildman–Crippen LogP) is 3.02. The topological polar surface area (TPSA) is 95.6 Å². The van der Waals surface area contributed by atoms with Crippen LogP contribution in [-0.4, -0.2) is 31.7 Å². The monoisotopic (exact) mass is 365 g/mol. The van der Waals surface area contributed by atoms with Crippen LogP contribution in [0.25, 0.3) is 16.7 Å². The molecule has 0 atom stereocenters. The first-order chi connectivity index (χ1) is 12.7. The molecule has 0 aliphatic carbocycles. The molecule has 0 spiro atoms. The van der Waals surface area contributed by atoms with Crippen molar-refractivity contribution in [2.75, 3.05) is 11.6 Å². The van der Waals surface area contributed by atoms with Gasteiger partial charge in [-0.3, -0.25) is 9.36 Å². The fourth-order valence-electron chi connectivity index (χ4n) is 2.77. The summed E-state index contributed by atoms with van der Waals surface area (Å²) in [5, 5.41) is 3.59. The van der Waals surface area contributed by atoms with Crippen molar-refractivity contribution in [2.24, 2.45) is 0 Å². The Morgan fingerprint density at radius 3 is 2.65 bits per heavy atom. The quantitative estimate of drug-likeness (QED) is 0.485. The molecule has 4 rings (SSSR count). The van der Waals surface area contributed by atoms with Crippen LogP contribution in [0.5, 0.6) is 0 Å². The van der Waals surface area contributed by atoms with E-state index in [-0.39, 0.29) is 11.6 Å². The van der Waals surface area contributed by atoms with E-state index in [9.17, 15) is 9.59 Å². The van der Waals surface area contributed by atoms with E-state index < -0.39 is 0 Å². The van der Waals surface area contributed by atoms with Crippen LogP contribution in [-0.2, 0) is 0 Å². The minimum Gasteiger partial charge on any atom is -0.321 e. The zero-order valence-electron chi connectivity index (χ0n) is 13.8. The van der Waals surface area contributed by atoms with Crippen molar-refractivity contribution >= 4 is 34.4 Å². The number of nitrogens with one attached hydrogen (secondary N) is 3. The number of hydrogen-bond acceptors (Lipinski definition) is 4. The lowest BCUT2D eigenvalue weighted by atomic mass is 10.2. The van der Waals surface area contributed by atoms with E-state index >= 15 is 0 Å². The number of fused-ring (bicyclic) bond motifs is 1. The molecule has 0 saturated carbocycles. The molecule has 2 aromatic heterocycles. The zero-order chi connectivity index (χ0) is 18.1. The molecular weight excluding hydrogens is 350 g/mol. The molecule has 8 heteroatoms. The summed E-state index contributed by atoms with van der Waals surface area (Å²) in [6.07, 6.45) is 3.48. The molecule has 26 heavy (non-hydrogen) atoms. The summed E-state index contributed by atoms with van der Waals surface area (Å²) in [6, 6.07) is 14.8. The van der Waals surface area contributed by atoms with Gasteiger partial charge in [-0.2, -0.15) is 0 Å². The van der Waals surface area contributed by atoms with Crippen LogP contribution in [0.15, 0.2) is 64.7 Å².